The molecule has 102 valence electrons. The van der Waals surface area contributed by atoms with E-state index >= 15 is 0 Å². The molecule has 1 heteroatoms. The van der Waals surface area contributed by atoms with Crippen LogP contribution in [-0.4, -0.2) is 5.71 Å². The highest BCUT2D eigenvalue weighted by molar-refractivity contribution is 6.15. The minimum Gasteiger partial charge on any atom is -0.252 e. The molecule has 0 N–H and O–H groups in total. The lowest BCUT2D eigenvalue weighted by Gasteiger charge is -2.24. The largest absolute Gasteiger partial charge is 0.252 e. The Balaban J connectivity index is 1.99. The summed E-state index contributed by atoms with van der Waals surface area (Å²) in [5.74, 6) is 0. The Morgan fingerprint density at radius 2 is 1.48 bits per heavy atom. The van der Waals surface area contributed by atoms with Crippen LogP contribution < -0.4 is 0 Å². The van der Waals surface area contributed by atoms with Crippen LogP contribution in [0.25, 0.3) is 10.8 Å². The van der Waals surface area contributed by atoms with Crippen molar-refractivity contribution in [2.75, 3.05) is 0 Å². The highest BCUT2D eigenvalue weighted by Crippen LogP contribution is 2.45. The monoisotopic (exact) mass is 271 g/mol. The molecule has 0 spiro atoms. The van der Waals surface area contributed by atoms with Gasteiger partial charge in [0.25, 0.3) is 0 Å². The quantitative estimate of drug-likeness (QED) is 0.573. The topological polar surface area (TPSA) is 12.4 Å². The molecular formula is C20H17N. The molecule has 0 atom stereocenters. The normalized spacial score (nSPS) is 15.8. The summed E-state index contributed by atoms with van der Waals surface area (Å²) in [4.78, 5) is 4.94. The van der Waals surface area contributed by atoms with Crippen LogP contribution in [0, 0.1) is 0 Å². The van der Waals surface area contributed by atoms with Crippen LogP contribution in [0.2, 0.25) is 0 Å². The number of hydrogen-bond donors (Lipinski definition) is 0. The van der Waals surface area contributed by atoms with Gasteiger partial charge in [0.1, 0.15) is 0 Å². The van der Waals surface area contributed by atoms with Gasteiger partial charge in [0, 0.05) is 5.41 Å². The van der Waals surface area contributed by atoms with Gasteiger partial charge in [-0.2, -0.15) is 0 Å². The summed E-state index contributed by atoms with van der Waals surface area (Å²) >= 11 is 0. The molecule has 1 aliphatic heterocycles. The molecule has 0 saturated carbocycles. The van der Waals surface area contributed by atoms with Gasteiger partial charge in [-0.05, 0) is 28.0 Å². The predicted molar refractivity (Wildman–Crippen MR) is 89.6 cm³/mol. The van der Waals surface area contributed by atoms with E-state index < -0.39 is 0 Å². The molecule has 3 aromatic carbocycles. The number of aliphatic imine (C=N–C) groups is 1. The predicted octanol–water partition coefficient (Wildman–Crippen LogP) is 5.25. The number of nitrogens with zero attached hydrogens (tertiary/aromatic N) is 1. The average molecular weight is 271 g/mol. The molecule has 0 bridgehead atoms. The molecule has 0 unspecified atom stereocenters. The van der Waals surface area contributed by atoms with Gasteiger partial charge in [0.2, 0.25) is 0 Å². The lowest BCUT2D eigenvalue weighted by molar-refractivity contribution is 0.744. The molecule has 0 aromatic heterocycles. The van der Waals surface area contributed by atoms with Crippen molar-refractivity contribution in [3.63, 3.8) is 0 Å². The minimum atomic E-state index is -0.0719. The summed E-state index contributed by atoms with van der Waals surface area (Å²) in [5, 5.41) is 2.60. The van der Waals surface area contributed by atoms with Gasteiger partial charge in [-0.1, -0.05) is 74.5 Å². The van der Waals surface area contributed by atoms with Crippen LogP contribution in [-0.2, 0) is 5.41 Å². The molecule has 21 heavy (non-hydrogen) atoms. The first-order valence-corrected chi connectivity index (χ1v) is 7.35. The van der Waals surface area contributed by atoms with Crippen molar-refractivity contribution >= 4 is 22.2 Å². The highest BCUT2D eigenvalue weighted by atomic mass is 14.8. The van der Waals surface area contributed by atoms with E-state index in [9.17, 15) is 0 Å². The lowest BCUT2D eigenvalue weighted by atomic mass is 9.77. The Bertz CT molecular complexity index is 857. The highest BCUT2D eigenvalue weighted by Gasteiger charge is 2.36. The van der Waals surface area contributed by atoms with E-state index in [1.165, 1.54) is 21.9 Å². The fraction of sp³-hybridized carbons (Fsp3) is 0.150. The van der Waals surface area contributed by atoms with Crippen LogP contribution in [0.1, 0.15) is 25.0 Å². The smallest absolute Gasteiger partial charge is 0.0681 e. The number of fused-ring (bicyclic) bond motifs is 3. The molecule has 0 fully saturated rings. The van der Waals surface area contributed by atoms with Crippen LogP contribution in [0.4, 0.5) is 5.69 Å². The molecular weight excluding hydrogens is 254 g/mol. The number of benzene rings is 3. The first kappa shape index (κ1) is 12.3. The first-order valence-electron chi connectivity index (χ1n) is 7.35. The van der Waals surface area contributed by atoms with Crippen molar-refractivity contribution in [1.29, 1.82) is 0 Å². The summed E-state index contributed by atoms with van der Waals surface area (Å²) < 4.78 is 0. The second-order valence-corrected chi connectivity index (χ2v) is 6.13. The average Bonchev–Trinajstić information content (AvgIpc) is 2.80. The third-order valence-electron chi connectivity index (χ3n) is 4.40. The zero-order valence-corrected chi connectivity index (χ0v) is 12.3. The van der Waals surface area contributed by atoms with Crippen molar-refractivity contribution in [3.05, 3.63) is 77.9 Å². The Morgan fingerprint density at radius 3 is 2.29 bits per heavy atom. The van der Waals surface area contributed by atoms with Gasteiger partial charge in [0.15, 0.2) is 0 Å². The second-order valence-electron chi connectivity index (χ2n) is 6.13. The van der Waals surface area contributed by atoms with E-state index in [1.807, 2.05) is 0 Å². The number of rotatable bonds is 1. The molecule has 1 heterocycles. The maximum atomic E-state index is 4.94. The molecule has 0 saturated heterocycles. The zero-order chi connectivity index (χ0) is 14.4. The molecule has 1 nitrogen and oxygen atoms in total. The van der Waals surface area contributed by atoms with Gasteiger partial charge in [-0.3, -0.25) is 4.99 Å². The van der Waals surface area contributed by atoms with Crippen LogP contribution in [0.5, 0.6) is 0 Å². The summed E-state index contributed by atoms with van der Waals surface area (Å²) in [7, 11) is 0. The van der Waals surface area contributed by atoms with E-state index in [1.54, 1.807) is 0 Å². The maximum absolute atomic E-state index is 4.94. The summed E-state index contributed by atoms with van der Waals surface area (Å²) in [6.07, 6.45) is 0. The van der Waals surface area contributed by atoms with Gasteiger partial charge in [-0.15, -0.1) is 0 Å². The Kier molecular flexibility index (Phi) is 2.52. The first-order chi connectivity index (χ1) is 10.2. The van der Waals surface area contributed by atoms with Crippen LogP contribution in [0.15, 0.2) is 71.7 Å². The van der Waals surface area contributed by atoms with Crippen LogP contribution >= 0.6 is 0 Å². The summed E-state index contributed by atoms with van der Waals surface area (Å²) in [6.45, 7) is 4.55. The third kappa shape index (κ3) is 1.74. The summed E-state index contributed by atoms with van der Waals surface area (Å²) in [5.41, 5.74) is 4.76. The fourth-order valence-corrected chi connectivity index (χ4v) is 3.41. The van der Waals surface area contributed by atoms with E-state index in [-0.39, 0.29) is 5.41 Å². The number of hydrogen-bond acceptors (Lipinski definition) is 1. The Labute approximate surface area is 125 Å². The minimum absolute atomic E-state index is 0.0719. The zero-order valence-electron chi connectivity index (χ0n) is 12.3. The molecule has 0 aliphatic carbocycles. The molecule has 4 rings (SSSR count). The SMILES string of the molecule is CC1(C)C(c2ccccc2)=Nc2ccc3ccccc3c21. The second kappa shape index (κ2) is 4.29. The van der Waals surface area contributed by atoms with E-state index in [4.69, 9.17) is 4.99 Å². The third-order valence-corrected chi connectivity index (χ3v) is 4.40. The molecule has 0 radical (unpaired) electrons. The van der Waals surface area contributed by atoms with Gasteiger partial charge >= 0.3 is 0 Å². The molecule has 0 amide bonds. The standard InChI is InChI=1S/C20H17N/c1-20(2)18-16-11-7-6-8-14(16)12-13-17(18)21-19(20)15-9-4-3-5-10-15/h3-13H,1-2H3. The van der Waals surface area contributed by atoms with Gasteiger partial charge in [0.05, 0.1) is 11.4 Å². The van der Waals surface area contributed by atoms with Gasteiger partial charge in [-0.25, -0.2) is 0 Å². The maximum Gasteiger partial charge on any atom is 0.0681 e. The van der Waals surface area contributed by atoms with Crippen molar-refractivity contribution in [1.82, 2.24) is 0 Å². The van der Waals surface area contributed by atoms with Crippen LogP contribution in [0.3, 0.4) is 0 Å². The fourth-order valence-electron chi connectivity index (χ4n) is 3.41. The molecule has 3 aromatic rings. The van der Waals surface area contributed by atoms with Crippen molar-refractivity contribution in [2.24, 2.45) is 4.99 Å². The lowest BCUT2D eigenvalue weighted by Crippen LogP contribution is -2.26. The van der Waals surface area contributed by atoms with E-state index in [2.05, 4.69) is 80.6 Å². The summed E-state index contributed by atoms with van der Waals surface area (Å²) in [6, 6.07) is 23.4. The van der Waals surface area contributed by atoms with E-state index in [0.717, 1.165) is 11.4 Å². The molecule has 1 aliphatic rings. The van der Waals surface area contributed by atoms with E-state index in [0.29, 0.717) is 0 Å². The Morgan fingerprint density at radius 1 is 0.762 bits per heavy atom. The van der Waals surface area contributed by atoms with Crippen molar-refractivity contribution < 1.29 is 0 Å². The van der Waals surface area contributed by atoms with Crippen molar-refractivity contribution in [2.45, 2.75) is 19.3 Å². The van der Waals surface area contributed by atoms with Gasteiger partial charge < -0.3 is 0 Å². The Hall–Kier alpha value is -2.41. The van der Waals surface area contributed by atoms with Crippen molar-refractivity contribution in [3.8, 4) is 0 Å².